The van der Waals surface area contributed by atoms with Crippen molar-refractivity contribution < 1.29 is 18.1 Å². The van der Waals surface area contributed by atoms with Gasteiger partial charge in [0.2, 0.25) is 0 Å². The zero-order valence-corrected chi connectivity index (χ0v) is 13.3. The number of nitro groups is 1. The molecule has 25 heavy (non-hydrogen) atoms. The second-order valence-electron chi connectivity index (χ2n) is 4.72. The van der Waals surface area contributed by atoms with Gasteiger partial charge in [0.15, 0.2) is 5.11 Å². The largest absolute Gasteiger partial charge is 0.418 e. The third kappa shape index (κ3) is 5.24. The fourth-order valence-electron chi connectivity index (χ4n) is 1.87. The van der Waals surface area contributed by atoms with E-state index in [4.69, 9.17) is 12.2 Å². The van der Waals surface area contributed by atoms with Gasteiger partial charge in [-0.05, 0) is 24.4 Å². The van der Waals surface area contributed by atoms with Crippen molar-refractivity contribution >= 4 is 34.9 Å². The summed E-state index contributed by atoms with van der Waals surface area (Å²) in [6.45, 7) is 0. The lowest BCUT2D eigenvalue weighted by molar-refractivity contribution is -0.384. The zero-order chi connectivity index (χ0) is 18.4. The first-order valence-corrected chi connectivity index (χ1v) is 7.19. The average Bonchev–Trinajstić information content (AvgIpc) is 2.54. The quantitative estimate of drug-likeness (QED) is 0.370. The Morgan fingerprint density at radius 1 is 1.20 bits per heavy atom. The number of halogens is 3. The van der Waals surface area contributed by atoms with Crippen LogP contribution in [0.1, 0.15) is 11.1 Å². The van der Waals surface area contributed by atoms with E-state index in [0.717, 1.165) is 6.07 Å². The van der Waals surface area contributed by atoms with Crippen molar-refractivity contribution in [2.75, 3.05) is 5.32 Å². The Kier molecular flexibility index (Phi) is 5.65. The number of hydrogen-bond donors (Lipinski definition) is 2. The number of rotatable bonds is 4. The Morgan fingerprint density at radius 3 is 2.60 bits per heavy atom. The molecule has 0 saturated heterocycles. The van der Waals surface area contributed by atoms with Gasteiger partial charge in [-0.15, -0.1) is 0 Å². The van der Waals surface area contributed by atoms with Crippen molar-refractivity contribution in [3.63, 3.8) is 0 Å². The average molecular weight is 368 g/mol. The van der Waals surface area contributed by atoms with Crippen LogP contribution in [0.2, 0.25) is 0 Å². The number of nitrogens with zero attached hydrogens (tertiary/aromatic N) is 2. The number of non-ortho nitro benzene ring substituents is 1. The number of hydrogen-bond acceptors (Lipinski definition) is 4. The number of alkyl halides is 3. The van der Waals surface area contributed by atoms with Crippen LogP contribution in [0.4, 0.5) is 24.5 Å². The first kappa shape index (κ1) is 18.3. The minimum absolute atomic E-state index is 0.108. The van der Waals surface area contributed by atoms with Crippen molar-refractivity contribution in [2.45, 2.75) is 6.18 Å². The Balaban J connectivity index is 2.02. The SMILES string of the molecule is O=[N+]([O-])c1cccc(C=NNC(=S)Nc2ccccc2C(F)(F)F)c1. The molecule has 0 atom stereocenters. The molecule has 2 N–H and O–H groups in total. The molecule has 0 aromatic heterocycles. The molecular formula is C15H11F3N4O2S. The summed E-state index contributed by atoms with van der Waals surface area (Å²) >= 11 is 4.89. The van der Waals surface area contributed by atoms with Gasteiger partial charge in [0.05, 0.1) is 22.4 Å². The van der Waals surface area contributed by atoms with Crippen molar-refractivity contribution in [1.29, 1.82) is 0 Å². The van der Waals surface area contributed by atoms with Crippen LogP contribution in [0.5, 0.6) is 0 Å². The molecule has 0 unspecified atom stereocenters. The normalized spacial score (nSPS) is 11.3. The van der Waals surface area contributed by atoms with Gasteiger partial charge in [-0.25, -0.2) is 0 Å². The summed E-state index contributed by atoms with van der Waals surface area (Å²) in [6.07, 6.45) is -3.26. The van der Waals surface area contributed by atoms with Gasteiger partial charge in [0.25, 0.3) is 5.69 Å². The first-order chi connectivity index (χ1) is 11.8. The van der Waals surface area contributed by atoms with Gasteiger partial charge in [-0.2, -0.15) is 18.3 Å². The topological polar surface area (TPSA) is 79.6 Å². The maximum absolute atomic E-state index is 12.9. The summed E-state index contributed by atoms with van der Waals surface area (Å²) in [5.41, 5.74) is 1.61. The first-order valence-electron chi connectivity index (χ1n) is 6.78. The van der Waals surface area contributed by atoms with Crippen LogP contribution in [0.3, 0.4) is 0 Å². The van der Waals surface area contributed by atoms with Crippen LogP contribution in [-0.4, -0.2) is 16.3 Å². The second-order valence-corrected chi connectivity index (χ2v) is 5.13. The van der Waals surface area contributed by atoms with E-state index >= 15 is 0 Å². The molecule has 2 aromatic carbocycles. The molecular weight excluding hydrogens is 357 g/mol. The van der Waals surface area contributed by atoms with Gasteiger partial charge in [0, 0.05) is 17.7 Å². The number of benzene rings is 2. The minimum Gasteiger partial charge on any atom is -0.331 e. The Morgan fingerprint density at radius 2 is 1.92 bits per heavy atom. The number of thiocarbonyl (C=S) groups is 1. The van der Waals surface area contributed by atoms with E-state index in [0.29, 0.717) is 5.56 Å². The molecule has 6 nitrogen and oxygen atoms in total. The van der Waals surface area contributed by atoms with Crippen LogP contribution in [0.15, 0.2) is 53.6 Å². The van der Waals surface area contributed by atoms with E-state index in [9.17, 15) is 23.3 Å². The Bertz CT molecular complexity index is 824. The van der Waals surface area contributed by atoms with Crippen molar-refractivity contribution in [3.05, 3.63) is 69.8 Å². The van der Waals surface area contributed by atoms with Crippen molar-refractivity contribution in [3.8, 4) is 0 Å². The monoisotopic (exact) mass is 368 g/mol. The number of nitro benzene ring substituents is 1. The van der Waals surface area contributed by atoms with Crippen LogP contribution in [0.25, 0.3) is 0 Å². The fraction of sp³-hybridized carbons (Fsp3) is 0.0667. The third-order valence-electron chi connectivity index (χ3n) is 2.94. The molecule has 0 saturated carbocycles. The molecule has 2 aromatic rings. The second kappa shape index (κ2) is 7.71. The van der Waals surface area contributed by atoms with Crippen molar-refractivity contribution in [2.24, 2.45) is 5.10 Å². The summed E-state index contributed by atoms with van der Waals surface area (Å²) < 4.78 is 38.7. The van der Waals surface area contributed by atoms with E-state index in [1.165, 1.54) is 42.6 Å². The van der Waals surface area contributed by atoms with Gasteiger partial charge in [0.1, 0.15) is 0 Å². The van der Waals surface area contributed by atoms with Crippen LogP contribution < -0.4 is 10.7 Å². The van der Waals surface area contributed by atoms with Crippen LogP contribution in [-0.2, 0) is 6.18 Å². The van der Waals surface area contributed by atoms with E-state index in [1.807, 2.05) is 0 Å². The summed E-state index contributed by atoms with van der Waals surface area (Å²) in [4.78, 5) is 10.1. The van der Waals surface area contributed by atoms with E-state index in [1.54, 1.807) is 6.07 Å². The zero-order valence-electron chi connectivity index (χ0n) is 12.4. The minimum atomic E-state index is -4.52. The molecule has 0 aliphatic heterocycles. The number of hydrazone groups is 1. The maximum atomic E-state index is 12.9. The highest BCUT2D eigenvalue weighted by atomic mass is 32.1. The fourth-order valence-corrected chi connectivity index (χ4v) is 2.04. The lowest BCUT2D eigenvalue weighted by atomic mass is 10.2. The lowest BCUT2D eigenvalue weighted by Crippen LogP contribution is -2.25. The number of anilines is 1. The summed E-state index contributed by atoms with van der Waals surface area (Å²) in [5, 5.41) is 16.7. The molecule has 130 valence electrons. The predicted octanol–water partition coefficient (Wildman–Crippen LogP) is 3.93. The third-order valence-corrected chi connectivity index (χ3v) is 3.13. The molecule has 0 radical (unpaired) electrons. The highest BCUT2D eigenvalue weighted by Crippen LogP contribution is 2.34. The van der Waals surface area contributed by atoms with E-state index in [2.05, 4.69) is 15.8 Å². The van der Waals surface area contributed by atoms with Crippen LogP contribution >= 0.6 is 12.2 Å². The summed E-state index contributed by atoms with van der Waals surface area (Å²) in [5.74, 6) is 0. The lowest BCUT2D eigenvalue weighted by Gasteiger charge is -2.14. The van der Waals surface area contributed by atoms with E-state index in [-0.39, 0.29) is 16.5 Å². The molecule has 2 rings (SSSR count). The molecule has 0 spiro atoms. The van der Waals surface area contributed by atoms with Gasteiger partial charge in [-0.1, -0.05) is 24.3 Å². The number of para-hydroxylation sites is 1. The van der Waals surface area contributed by atoms with Crippen molar-refractivity contribution in [1.82, 2.24) is 5.43 Å². The molecule has 0 aliphatic rings. The van der Waals surface area contributed by atoms with E-state index < -0.39 is 16.7 Å². The number of nitrogens with one attached hydrogen (secondary N) is 2. The summed E-state index contributed by atoms with van der Waals surface area (Å²) in [6, 6.07) is 10.5. The molecule has 0 fully saturated rings. The molecule has 0 bridgehead atoms. The highest BCUT2D eigenvalue weighted by Gasteiger charge is 2.33. The van der Waals surface area contributed by atoms with Gasteiger partial charge in [-0.3, -0.25) is 15.5 Å². The van der Waals surface area contributed by atoms with Crippen LogP contribution in [0, 0.1) is 10.1 Å². The van der Waals surface area contributed by atoms with Gasteiger partial charge < -0.3 is 5.32 Å². The Labute approximate surface area is 145 Å². The summed E-state index contributed by atoms with van der Waals surface area (Å²) in [7, 11) is 0. The smallest absolute Gasteiger partial charge is 0.331 e. The molecule has 0 aliphatic carbocycles. The molecule has 0 amide bonds. The Hall–Kier alpha value is -3.01. The van der Waals surface area contributed by atoms with Gasteiger partial charge >= 0.3 is 6.18 Å². The standard InChI is InChI=1S/C15H11F3N4O2S/c16-15(17,18)12-6-1-2-7-13(12)20-14(25)21-19-9-10-4-3-5-11(8-10)22(23)24/h1-9H,(H2,20,21,25). The highest BCUT2D eigenvalue weighted by molar-refractivity contribution is 7.80. The molecule has 0 heterocycles. The molecule has 10 heteroatoms. The maximum Gasteiger partial charge on any atom is 0.418 e. The predicted molar refractivity (Wildman–Crippen MR) is 91.5 cm³/mol.